The van der Waals surface area contributed by atoms with Gasteiger partial charge in [-0.05, 0) is 12.1 Å². The predicted octanol–water partition coefficient (Wildman–Crippen LogP) is -0.563. The van der Waals surface area contributed by atoms with Gasteiger partial charge < -0.3 is 25.4 Å². The van der Waals surface area contributed by atoms with Crippen LogP contribution in [-0.4, -0.2) is 38.6 Å². The average molecular weight is 250 g/mol. The van der Waals surface area contributed by atoms with E-state index in [-0.39, 0.29) is 6.17 Å². The number of ether oxygens (including phenoxy) is 2. The molecule has 5 N–H and O–H groups in total. The summed E-state index contributed by atoms with van der Waals surface area (Å²) < 4.78 is 11.3. The van der Waals surface area contributed by atoms with Crippen LogP contribution in [0, 0.1) is 0 Å². The number of hydrogen-bond acceptors (Lipinski definition) is 6. The van der Waals surface area contributed by atoms with Crippen molar-refractivity contribution in [1.82, 2.24) is 5.32 Å². The Morgan fingerprint density at radius 1 is 1.33 bits per heavy atom. The Balaban J connectivity index is 1.94. The van der Waals surface area contributed by atoms with Crippen LogP contribution in [0.2, 0.25) is 0 Å². The number of hydrogen-bond donors (Lipinski definition) is 3. The van der Waals surface area contributed by atoms with E-state index in [1.807, 2.05) is 18.2 Å². The van der Waals surface area contributed by atoms with Crippen molar-refractivity contribution in [2.24, 2.45) is 11.5 Å². The van der Waals surface area contributed by atoms with Gasteiger partial charge >= 0.3 is 0 Å². The second kappa shape index (κ2) is 4.64. The highest BCUT2D eigenvalue weighted by molar-refractivity contribution is 5.66. The molecule has 2 heterocycles. The Bertz CT molecular complexity index is 440. The third-order valence-corrected chi connectivity index (χ3v) is 3.22. The molecule has 1 aromatic rings. The minimum Gasteiger partial charge on any atom is -0.482 e. The summed E-state index contributed by atoms with van der Waals surface area (Å²) >= 11 is 0. The van der Waals surface area contributed by atoms with Crippen LogP contribution >= 0.6 is 0 Å². The lowest BCUT2D eigenvalue weighted by atomic mass is 10.2. The molecule has 2 atom stereocenters. The van der Waals surface area contributed by atoms with Gasteiger partial charge in [-0.2, -0.15) is 0 Å². The zero-order valence-electron chi connectivity index (χ0n) is 10.1. The molecule has 0 amide bonds. The van der Waals surface area contributed by atoms with Gasteiger partial charge in [0.2, 0.25) is 0 Å². The molecule has 0 radical (unpaired) electrons. The predicted molar refractivity (Wildman–Crippen MR) is 68.7 cm³/mol. The van der Waals surface area contributed by atoms with Crippen LogP contribution in [0.15, 0.2) is 18.2 Å². The number of nitrogens with two attached hydrogens (primary N) is 2. The van der Waals surface area contributed by atoms with Crippen molar-refractivity contribution in [1.29, 1.82) is 0 Å². The fourth-order valence-corrected chi connectivity index (χ4v) is 2.36. The maximum atomic E-state index is 6.11. The lowest BCUT2D eigenvalue weighted by Gasteiger charge is -2.37. The Hall–Kier alpha value is -1.50. The summed E-state index contributed by atoms with van der Waals surface area (Å²) in [6.07, 6.45) is -0.450. The summed E-state index contributed by atoms with van der Waals surface area (Å²) in [5, 5.41) is 3.26. The molecule has 0 aromatic heterocycles. The van der Waals surface area contributed by atoms with Crippen LogP contribution in [-0.2, 0) is 0 Å². The van der Waals surface area contributed by atoms with Gasteiger partial charge in [0, 0.05) is 19.6 Å². The standard InChI is InChI=1S/C12H18N4O2/c13-10-6-15-4-5-16(10)8-2-1-3-9-12(8)17-7-11(14)18-9/h1-3,10-11,15H,4-7,13-14H2. The van der Waals surface area contributed by atoms with Crippen molar-refractivity contribution in [2.45, 2.75) is 12.4 Å². The van der Waals surface area contributed by atoms with Crippen molar-refractivity contribution in [3.63, 3.8) is 0 Å². The SMILES string of the molecule is NC1COc2c(cccc2N2CCNCC2N)O1. The Labute approximate surface area is 106 Å². The highest BCUT2D eigenvalue weighted by Gasteiger charge is 2.26. The number of para-hydroxylation sites is 1. The molecule has 0 aliphatic carbocycles. The van der Waals surface area contributed by atoms with Crippen molar-refractivity contribution < 1.29 is 9.47 Å². The summed E-state index contributed by atoms with van der Waals surface area (Å²) in [6.45, 7) is 2.90. The highest BCUT2D eigenvalue weighted by Crippen LogP contribution is 2.40. The van der Waals surface area contributed by atoms with Crippen molar-refractivity contribution in [2.75, 3.05) is 31.1 Å². The molecule has 2 unspecified atom stereocenters. The number of anilines is 1. The number of nitrogens with one attached hydrogen (secondary N) is 1. The average Bonchev–Trinajstić information content (AvgIpc) is 2.38. The van der Waals surface area contributed by atoms with E-state index in [1.54, 1.807) is 0 Å². The van der Waals surface area contributed by atoms with E-state index in [0.29, 0.717) is 12.4 Å². The van der Waals surface area contributed by atoms with E-state index in [4.69, 9.17) is 20.9 Å². The van der Waals surface area contributed by atoms with Gasteiger partial charge in [-0.15, -0.1) is 0 Å². The molecule has 18 heavy (non-hydrogen) atoms. The molecule has 0 saturated carbocycles. The van der Waals surface area contributed by atoms with E-state index < -0.39 is 6.23 Å². The largest absolute Gasteiger partial charge is 0.482 e. The first kappa shape index (κ1) is 11.6. The maximum absolute atomic E-state index is 6.11. The van der Waals surface area contributed by atoms with Crippen LogP contribution in [0.1, 0.15) is 0 Å². The third kappa shape index (κ3) is 1.98. The number of benzene rings is 1. The summed E-state index contributed by atoms with van der Waals surface area (Å²) in [4.78, 5) is 2.13. The van der Waals surface area contributed by atoms with Gasteiger partial charge in [0.1, 0.15) is 6.61 Å². The maximum Gasteiger partial charge on any atom is 0.184 e. The van der Waals surface area contributed by atoms with Crippen LogP contribution < -0.4 is 31.2 Å². The van der Waals surface area contributed by atoms with Gasteiger partial charge in [-0.25, -0.2) is 0 Å². The molecule has 6 nitrogen and oxygen atoms in total. The fourth-order valence-electron chi connectivity index (χ4n) is 2.36. The lowest BCUT2D eigenvalue weighted by molar-refractivity contribution is 0.0960. The van der Waals surface area contributed by atoms with Gasteiger partial charge in [0.05, 0.1) is 11.9 Å². The molecule has 1 fully saturated rings. The molecule has 6 heteroatoms. The summed E-state index contributed by atoms with van der Waals surface area (Å²) in [7, 11) is 0. The highest BCUT2D eigenvalue weighted by atomic mass is 16.6. The molecule has 1 saturated heterocycles. The van der Waals surface area contributed by atoms with Crippen LogP contribution in [0.25, 0.3) is 0 Å². The first-order valence-corrected chi connectivity index (χ1v) is 6.16. The van der Waals surface area contributed by atoms with Crippen LogP contribution in [0.5, 0.6) is 11.5 Å². The fraction of sp³-hybridized carbons (Fsp3) is 0.500. The van der Waals surface area contributed by atoms with Gasteiger partial charge in [0.15, 0.2) is 17.7 Å². The quantitative estimate of drug-likeness (QED) is 0.619. The van der Waals surface area contributed by atoms with E-state index in [9.17, 15) is 0 Å². The molecular weight excluding hydrogens is 232 g/mol. The smallest absolute Gasteiger partial charge is 0.184 e. The van der Waals surface area contributed by atoms with E-state index in [0.717, 1.165) is 31.1 Å². The van der Waals surface area contributed by atoms with E-state index in [2.05, 4.69) is 10.2 Å². The number of rotatable bonds is 1. The topological polar surface area (TPSA) is 85.8 Å². The van der Waals surface area contributed by atoms with Crippen molar-refractivity contribution >= 4 is 5.69 Å². The van der Waals surface area contributed by atoms with Crippen molar-refractivity contribution in [3.05, 3.63) is 18.2 Å². The molecule has 98 valence electrons. The minimum atomic E-state index is -0.399. The third-order valence-electron chi connectivity index (χ3n) is 3.22. The molecule has 0 bridgehead atoms. The van der Waals surface area contributed by atoms with Crippen molar-refractivity contribution in [3.8, 4) is 11.5 Å². The summed E-state index contributed by atoms with van der Waals surface area (Å²) in [5.41, 5.74) is 12.8. The zero-order chi connectivity index (χ0) is 12.5. The molecular formula is C12H18N4O2. The number of nitrogens with zero attached hydrogens (tertiary/aromatic N) is 1. The molecule has 2 aliphatic rings. The first-order valence-electron chi connectivity index (χ1n) is 6.16. The first-order chi connectivity index (χ1) is 8.75. The van der Waals surface area contributed by atoms with Gasteiger partial charge in [-0.1, -0.05) is 6.07 Å². The van der Waals surface area contributed by atoms with Crippen LogP contribution in [0.4, 0.5) is 5.69 Å². The van der Waals surface area contributed by atoms with Crippen LogP contribution in [0.3, 0.4) is 0 Å². The molecule has 3 rings (SSSR count). The minimum absolute atomic E-state index is 0.0514. The summed E-state index contributed by atoms with van der Waals surface area (Å²) in [5.74, 6) is 1.44. The van der Waals surface area contributed by atoms with Gasteiger partial charge in [-0.3, -0.25) is 5.73 Å². The second-order valence-corrected chi connectivity index (χ2v) is 4.54. The number of fused-ring (bicyclic) bond motifs is 1. The lowest BCUT2D eigenvalue weighted by Crippen LogP contribution is -2.56. The number of piperazine rings is 1. The Morgan fingerprint density at radius 2 is 2.22 bits per heavy atom. The monoisotopic (exact) mass is 250 g/mol. The van der Waals surface area contributed by atoms with E-state index in [1.165, 1.54) is 0 Å². The summed E-state index contributed by atoms with van der Waals surface area (Å²) in [6, 6.07) is 5.81. The zero-order valence-corrected chi connectivity index (χ0v) is 10.1. The normalized spacial score (nSPS) is 27.1. The molecule has 1 aromatic carbocycles. The van der Waals surface area contributed by atoms with Gasteiger partial charge in [0.25, 0.3) is 0 Å². The Kier molecular flexibility index (Phi) is 2.99. The second-order valence-electron chi connectivity index (χ2n) is 4.54. The molecule has 0 spiro atoms. The van der Waals surface area contributed by atoms with E-state index >= 15 is 0 Å². The Morgan fingerprint density at radius 3 is 3.06 bits per heavy atom. The molecule has 2 aliphatic heterocycles.